The minimum absolute atomic E-state index is 0.0864. The summed E-state index contributed by atoms with van der Waals surface area (Å²) in [5.41, 5.74) is -0.702. The number of alkyl halides is 3. The van der Waals surface area contributed by atoms with Gasteiger partial charge in [-0.15, -0.1) is 0 Å². The Morgan fingerprint density at radius 3 is 2.58 bits per heavy atom. The molecular formula is C11H5BrClF3O3. The van der Waals surface area contributed by atoms with Gasteiger partial charge in [0.25, 0.3) is 0 Å². The zero-order chi connectivity index (χ0) is 14.4. The maximum atomic E-state index is 12.8. The van der Waals surface area contributed by atoms with Crippen LogP contribution in [0.5, 0.6) is 5.75 Å². The zero-order valence-electron chi connectivity index (χ0n) is 8.96. The number of hydrogen-bond acceptors (Lipinski definition) is 2. The van der Waals surface area contributed by atoms with Crippen LogP contribution in [-0.2, 0) is 4.79 Å². The molecule has 1 atom stereocenters. The number of aliphatic carboxylic acids is 1. The summed E-state index contributed by atoms with van der Waals surface area (Å²) in [6.45, 7) is 0. The van der Waals surface area contributed by atoms with Crippen molar-refractivity contribution in [3.63, 3.8) is 0 Å². The molecule has 3 nitrogen and oxygen atoms in total. The van der Waals surface area contributed by atoms with Gasteiger partial charge in [0.2, 0.25) is 6.10 Å². The number of benzene rings is 1. The largest absolute Gasteiger partial charge is 0.478 e. The second-order valence-electron chi connectivity index (χ2n) is 3.75. The third-order valence-corrected chi connectivity index (χ3v) is 3.22. The third kappa shape index (κ3) is 2.71. The molecule has 1 aliphatic rings. The smallest absolute Gasteiger partial charge is 0.430 e. The average molecular weight is 358 g/mol. The van der Waals surface area contributed by atoms with E-state index in [1.165, 1.54) is 12.1 Å². The molecule has 0 aromatic heterocycles. The normalized spacial score (nSPS) is 18.4. The number of hydrogen-bond donors (Lipinski definition) is 1. The predicted molar refractivity (Wildman–Crippen MR) is 65.2 cm³/mol. The zero-order valence-corrected chi connectivity index (χ0v) is 11.3. The van der Waals surface area contributed by atoms with E-state index in [0.717, 1.165) is 6.08 Å². The van der Waals surface area contributed by atoms with Crippen LogP contribution in [-0.4, -0.2) is 23.4 Å². The van der Waals surface area contributed by atoms with E-state index in [1.807, 2.05) is 0 Å². The summed E-state index contributed by atoms with van der Waals surface area (Å²) in [7, 11) is 0. The highest BCUT2D eigenvalue weighted by Crippen LogP contribution is 2.42. The molecule has 19 heavy (non-hydrogen) atoms. The lowest BCUT2D eigenvalue weighted by Crippen LogP contribution is -2.40. The molecule has 0 amide bonds. The van der Waals surface area contributed by atoms with Crippen LogP contribution in [0.1, 0.15) is 5.56 Å². The number of carbonyl (C=O) groups is 1. The number of carboxylic acid groups (broad SMARTS) is 1. The molecule has 0 bridgehead atoms. The van der Waals surface area contributed by atoms with Gasteiger partial charge in [-0.3, -0.25) is 0 Å². The quantitative estimate of drug-likeness (QED) is 0.829. The van der Waals surface area contributed by atoms with Gasteiger partial charge in [-0.25, -0.2) is 4.79 Å². The number of ether oxygens (including phenoxy) is 1. The van der Waals surface area contributed by atoms with Crippen molar-refractivity contribution in [1.82, 2.24) is 0 Å². The van der Waals surface area contributed by atoms with Crippen molar-refractivity contribution < 1.29 is 27.8 Å². The summed E-state index contributed by atoms with van der Waals surface area (Å²) in [4.78, 5) is 10.9. The van der Waals surface area contributed by atoms with Crippen LogP contribution in [0.2, 0.25) is 5.02 Å². The summed E-state index contributed by atoms with van der Waals surface area (Å²) in [6.07, 6.45) is -6.41. The van der Waals surface area contributed by atoms with Crippen molar-refractivity contribution in [3.8, 4) is 5.75 Å². The van der Waals surface area contributed by atoms with Crippen LogP contribution >= 0.6 is 27.5 Å². The molecule has 8 heteroatoms. The third-order valence-electron chi connectivity index (χ3n) is 2.41. The fraction of sp³-hybridized carbons (Fsp3) is 0.182. The van der Waals surface area contributed by atoms with Crippen LogP contribution in [0.15, 0.2) is 22.2 Å². The molecule has 0 fully saturated rings. The van der Waals surface area contributed by atoms with Crippen LogP contribution in [0.25, 0.3) is 6.08 Å². The first-order chi connectivity index (χ1) is 8.70. The van der Waals surface area contributed by atoms with Crippen LogP contribution < -0.4 is 4.74 Å². The van der Waals surface area contributed by atoms with Gasteiger partial charge in [-0.1, -0.05) is 11.6 Å². The topological polar surface area (TPSA) is 46.5 Å². The van der Waals surface area contributed by atoms with Gasteiger partial charge in [0.1, 0.15) is 5.75 Å². The lowest BCUT2D eigenvalue weighted by Gasteiger charge is -2.27. The van der Waals surface area contributed by atoms with Crippen molar-refractivity contribution in [2.45, 2.75) is 12.3 Å². The monoisotopic (exact) mass is 356 g/mol. The Morgan fingerprint density at radius 1 is 1.42 bits per heavy atom. The van der Waals surface area contributed by atoms with Gasteiger partial charge in [0.05, 0.1) is 10.0 Å². The lowest BCUT2D eigenvalue weighted by molar-refractivity contribution is -0.187. The lowest BCUT2D eigenvalue weighted by atomic mass is 10.0. The van der Waals surface area contributed by atoms with E-state index >= 15 is 0 Å². The van der Waals surface area contributed by atoms with Gasteiger partial charge in [0, 0.05) is 10.6 Å². The molecule has 0 aliphatic carbocycles. The molecule has 1 N–H and O–H groups in total. The maximum Gasteiger partial charge on any atom is 0.430 e. The standard InChI is InChI=1S/C11H5BrClF3O3/c12-7-3-5(13)1-4-2-6(10(17)18)9(11(14,15)16)19-8(4)7/h1-3,9H,(H,17,18). The second kappa shape index (κ2) is 4.72. The van der Waals surface area contributed by atoms with Crippen LogP contribution in [0.3, 0.4) is 0 Å². The molecule has 1 aromatic rings. The number of fused-ring (bicyclic) bond motifs is 1. The molecular weight excluding hydrogens is 352 g/mol. The molecule has 0 spiro atoms. The first kappa shape index (κ1) is 14.2. The highest BCUT2D eigenvalue weighted by Gasteiger charge is 2.48. The van der Waals surface area contributed by atoms with Crippen LogP contribution in [0.4, 0.5) is 13.2 Å². The van der Waals surface area contributed by atoms with E-state index in [2.05, 4.69) is 15.9 Å². The van der Waals surface area contributed by atoms with E-state index in [9.17, 15) is 18.0 Å². The van der Waals surface area contributed by atoms with Gasteiger partial charge in [0.15, 0.2) is 0 Å². The fourth-order valence-corrected chi connectivity index (χ4v) is 2.58. The molecule has 0 radical (unpaired) electrons. The molecule has 1 heterocycles. The summed E-state index contributed by atoms with van der Waals surface area (Å²) in [6, 6.07) is 2.70. The Bertz CT molecular complexity index is 583. The van der Waals surface area contributed by atoms with Crippen molar-refractivity contribution >= 4 is 39.6 Å². The first-order valence-electron chi connectivity index (χ1n) is 4.87. The highest BCUT2D eigenvalue weighted by molar-refractivity contribution is 9.10. The molecule has 1 aromatic carbocycles. The van der Waals surface area contributed by atoms with Gasteiger partial charge in [-0.05, 0) is 34.1 Å². The number of rotatable bonds is 1. The van der Waals surface area contributed by atoms with Gasteiger partial charge >= 0.3 is 12.1 Å². The predicted octanol–water partition coefficient (Wildman–Crippen LogP) is 3.89. The number of carboxylic acids is 1. The van der Waals surface area contributed by atoms with Gasteiger partial charge in [-0.2, -0.15) is 13.2 Å². The fourth-order valence-electron chi connectivity index (χ4n) is 1.65. The van der Waals surface area contributed by atoms with Crippen molar-refractivity contribution in [2.24, 2.45) is 0 Å². The number of halogens is 5. The Kier molecular flexibility index (Phi) is 3.53. The Hall–Kier alpha value is -1.21. The van der Waals surface area contributed by atoms with E-state index in [4.69, 9.17) is 21.4 Å². The van der Waals surface area contributed by atoms with E-state index < -0.39 is 23.8 Å². The first-order valence-corrected chi connectivity index (χ1v) is 6.04. The van der Waals surface area contributed by atoms with Crippen molar-refractivity contribution in [3.05, 3.63) is 32.8 Å². The molecule has 0 saturated heterocycles. The van der Waals surface area contributed by atoms with E-state index in [-0.39, 0.29) is 20.8 Å². The van der Waals surface area contributed by atoms with Crippen molar-refractivity contribution in [2.75, 3.05) is 0 Å². The summed E-state index contributed by atoms with van der Waals surface area (Å²) in [5.74, 6) is -1.78. The van der Waals surface area contributed by atoms with E-state index in [0.29, 0.717) is 0 Å². The Labute approximate surface area is 118 Å². The molecule has 1 unspecified atom stereocenters. The minimum atomic E-state index is -4.82. The van der Waals surface area contributed by atoms with E-state index in [1.54, 1.807) is 0 Å². The average Bonchev–Trinajstić information content (AvgIpc) is 2.25. The van der Waals surface area contributed by atoms with Crippen LogP contribution in [0, 0.1) is 0 Å². The SMILES string of the molecule is O=C(O)C1=Cc2cc(Cl)cc(Br)c2OC1C(F)(F)F. The molecule has 0 saturated carbocycles. The molecule has 1 aliphatic heterocycles. The summed E-state index contributed by atoms with van der Waals surface area (Å²) < 4.78 is 43.4. The minimum Gasteiger partial charge on any atom is -0.478 e. The Balaban J connectivity index is 2.61. The molecule has 2 rings (SSSR count). The summed E-state index contributed by atoms with van der Waals surface area (Å²) >= 11 is 8.78. The summed E-state index contributed by atoms with van der Waals surface area (Å²) in [5, 5.41) is 9.09. The van der Waals surface area contributed by atoms with Gasteiger partial charge < -0.3 is 9.84 Å². The highest BCUT2D eigenvalue weighted by atomic mass is 79.9. The van der Waals surface area contributed by atoms with Crippen molar-refractivity contribution in [1.29, 1.82) is 0 Å². The Morgan fingerprint density at radius 2 is 2.05 bits per heavy atom. The second-order valence-corrected chi connectivity index (χ2v) is 5.04. The molecule has 102 valence electrons. The maximum absolute atomic E-state index is 12.8.